The van der Waals surface area contributed by atoms with E-state index in [1.165, 1.54) is 19.1 Å². The van der Waals surface area contributed by atoms with E-state index < -0.39 is 10.0 Å². The van der Waals surface area contributed by atoms with E-state index >= 15 is 0 Å². The number of carbonyl (C=O) groups excluding carboxylic acids is 1. The summed E-state index contributed by atoms with van der Waals surface area (Å²) in [5.41, 5.74) is 3.87. The number of hydrogen-bond donors (Lipinski definition) is 2. The van der Waals surface area contributed by atoms with Crippen molar-refractivity contribution in [2.75, 3.05) is 5.32 Å². The van der Waals surface area contributed by atoms with Crippen molar-refractivity contribution in [3.05, 3.63) is 76.7 Å². The zero-order valence-corrected chi connectivity index (χ0v) is 17.8. The van der Waals surface area contributed by atoms with Crippen LogP contribution in [0.4, 0.5) is 5.69 Å². The molecule has 0 unspecified atom stereocenters. The van der Waals surface area contributed by atoms with Crippen molar-refractivity contribution in [1.82, 2.24) is 9.88 Å². The van der Waals surface area contributed by atoms with Gasteiger partial charge in [-0.2, -0.15) is 0 Å². The first-order valence-electron chi connectivity index (χ1n) is 9.32. The molecular formula is C22H23N3O4S. The van der Waals surface area contributed by atoms with Crippen LogP contribution >= 0.6 is 0 Å². The minimum Gasteiger partial charge on any atom is -0.354 e. The van der Waals surface area contributed by atoms with E-state index in [0.717, 1.165) is 16.7 Å². The monoisotopic (exact) mass is 425 g/mol. The Morgan fingerprint density at radius 3 is 2.33 bits per heavy atom. The van der Waals surface area contributed by atoms with Crippen molar-refractivity contribution >= 4 is 33.8 Å². The molecule has 7 nitrogen and oxygen atoms in total. The van der Waals surface area contributed by atoms with Gasteiger partial charge in [0.1, 0.15) is 11.4 Å². The van der Waals surface area contributed by atoms with Crippen LogP contribution in [0.1, 0.15) is 35.1 Å². The molecule has 1 aromatic heterocycles. The molecule has 0 bridgehead atoms. The van der Waals surface area contributed by atoms with E-state index in [-0.39, 0.29) is 17.3 Å². The van der Waals surface area contributed by atoms with E-state index in [1.807, 2.05) is 31.2 Å². The number of aryl methyl sites for hydroxylation is 2. The predicted octanol–water partition coefficient (Wildman–Crippen LogP) is 3.90. The summed E-state index contributed by atoms with van der Waals surface area (Å²) in [5, 5.41) is 6.53. The molecule has 0 aliphatic carbocycles. The lowest BCUT2D eigenvalue weighted by Crippen LogP contribution is -2.23. The second kappa shape index (κ2) is 9.06. The standard InChI is InChI=1S/C22H23N3O4S/c1-15-4-6-19(7-5-15)14-23-30(27,28)20-11-8-18(9-12-20)10-13-21-22(24-17(3)26)16(2)25-29-21/h4-13,23H,14H2,1-3H3,(H,24,26). The molecule has 8 heteroatoms. The molecule has 0 saturated carbocycles. The fourth-order valence-corrected chi connectivity index (χ4v) is 3.74. The van der Waals surface area contributed by atoms with Crippen molar-refractivity contribution in [3.63, 3.8) is 0 Å². The van der Waals surface area contributed by atoms with Crippen LogP contribution in [-0.4, -0.2) is 19.5 Å². The highest BCUT2D eigenvalue weighted by molar-refractivity contribution is 7.89. The maximum Gasteiger partial charge on any atom is 0.240 e. The van der Waals surface area contributed by atoms with Gasteiger partial charge in [0.15, 0.2) is 5.76 Å². The maximum absolute atomic E-state index is 12.5. The topological polar surface area (TPSA) is 101 Å². The highest BCUT2D eigenvalue weighted by atomic mass is 32.2. The summed E-state index contributed by atoms with van der Waals surface area (Å²) in [6.45, 7) is 5.34. The van der Waals surface area contributed by atoms with Crippen LogP contribution in [-0.2, 0) is 21.4 Å². The molecule has 0 aliphatic heterocycles. The number of carbonyl (C=O) groups is 1. The Labute approximate surface area is 175 Å². The van der Waals surface area contributed by atoms with E-state index in [4.69, 9.17) is 4.52 Å². The average molecular weight is 426 g/mol. The molecule has 1 heterocycles. The van der Waals surface area contributed by atoms with Crippen LogP contribution in [0.15, 0.2) is 57.9 Å². The van der Waals surface area contributed by atoms with Crippen LogP contribution < -0.4 is 10.0 Å². The Balaban J connectivity index is 1.69. The second-order valence-electron chi connectivity index (χ2n) is 6.90. The quantitative estimate of drug-likeness (QED) is 0.598. The lowest BCUT2D eigenvalue weighted by Gasteiger charge is -2.07. The summed E-state index contributed by atoms with van der Waals surface area (Å²) in [7, 11) is -3.62. The fraction of sp³-hybridized carbons (Fsp3) is 0.182. The first-order chi connectivity index (χ1) is 14.2. The normalized spacial score (nSPS) is 11.7. The maximum atomic E-state index is 12.5. The molecule has 2 aromatic carbocycles. The van der Waals surface area contributed by atoms with Gasteiger partial charge in [-0.05, 0) is 43.2 Å². The zero-order chi connectivity index (χ0) is 21.7. The van der Waals surface area contributed by atoms with Crippen molar-refractivity contribution in [1.29, 1.82) is 0 Å². The second-order valence-corrected chi connectivity index (χ2v) is 8.67. The molecule has 3 rings (SSSR count). The van der Waals surface area contributed by atoms with Crippen molar-refractivity contribution < 1.29 is 17.7 Å². The third-order valence-electron chi connectivity index (χ3n) is 4.39. The number of nitrogens with one attached hydrogen (secondary N) is 2. The molecule has 156 valence electrons. The average Bonchev–Trinajstić information content (AvgIpc) is 3.05. The molecular weight excluding hydrogens is 402 g/mol. The van der Waals surface area contributed by atoms with E-state index in [2.05, 4.69) is 15.2 Å². The highest BCUT2D eigenvalue weighted by Crippen LogP contribution is 2.22. The first-order valence-corrected chi connectivity index (χ1v) is 10.8. The van der Waals surface area contributed by atoms with Crippen LogP contribution in [0.5, 0.6) is 0 Å². The molecule has 0 aliphatic rings. The highest BCUT2D eigenvalue weighted by Gasteiger charge is 2.14. The van der Waals surface area contributed by atoms with Gasteiger partial charge in [0.2, 0.25) is 15.9 Å². The summed E-state index contributed by atoms with van der Waals surface area (Å²) in [6, 6.07) is 14.1. The van der Waals surface area contributed by atoms with Gasteiger partial charge < -0.3 is 9.84 Å². The van der Waals surface area contributed by atoms with Crippen molar-refractivity contribution in [2.24, 2.45) is 0 Å². The number of nitrogens with zero attached hydrogens (tertiary/aromatic N) is 1. The molecule has 3 aromatic rings. The van der Waals surface area contributed by atoms with Gasteiger partial charge in [-0.1, -0.05) is 53.2 Å². The van der Waals surface area contributed by atoms with Gasteiger partial charge in [0.05, 0.1) is 4.90 Å². The minimum absolute atomic E-state index is 0.182. The van der Waals surface area contributed by atoms with Crippen LogP contribution in [0, 0.1) is 13.8 Å². The zero-order valence-electron chi connectivity index (χ0n) is 17.0. The minimum atomic E-state index is -3.62. The summed E-state index contributed by atoms with van der Waals surface area (Å²) in [5.74, 6) is 0.197. The smallest absolute Gasteiger partial charge is 0.240 e. The summed E-state index contributed by atoms with van der Waals surface area (Å²) >= 11 is 0. The van der Waals surface area contributed by atoms with Gasteiger partial charge in [-0.25, -0.2) is 13.1 Å². The molecule has 0 fully saturated rings. The van der Waals surface area contributed by atoms with Crippen LogP contribution in [0.2, 0.25) is 0 Å². The van der Waals surface area contributed by atoms with Crippen LogP contribution in [0.25, 0.3) is 12.2 Å². The van der Waals surface area contributed by atoms with E-state index in [9.17, 15) is 13.2 Å². The number of benzene rings is 2. The molecule has 0 atom stereocenters. The number of rotatable bonds is 7. The number of sulfonamides is 1. The summed E-state index contributed by atoms with van der Waals surface area (Å²) in [4.78, 5) is 11.5. The molecule has 0 saturated heterocycles. The van der Waals surface area contributed by atoms with E-state index in [0.29, 0.717) is 17.1 Å². The Bertz CT molecular complexity index is 1160. The lowest BCUT2D eigenvalue weighted by atomic mass is 10.2. The van der Waals surface area contributed by atoms with Gasteiger partial charge in [-0.3, -0.25) is 4.79 Å². The van der Waals surface area contributed by atoms with E-state index in [1.54, 1.807) is 31.2 Å². The summed E-state index contributed by atoms with van der Waals surface area (Å²) in [6.07, 6.45) is 3.42. The number of hydrogen-bond acceptors (Lipinski definition) is 5. The van der Waals surface area contributed by atoms with Gasteiger partial charge in [-0.15, -0.1) is 0 Å². The van der Waals surface area contributed by atoms with Gasteiger partial charge in [0.25, 0.3) is 0 Å². The van der Waals surface area contributed by atoms with Crippen molar-refractivity contribution in [3.8, 4) is 0 Å². The molecule has 1 amide bonds. The number of aromatic nitrogens is 1. The Kier molecular flexibility index (Phi) is 6.49. The molecule has 0 radical (unpaired) electrons. The Hall–Kier alpha value is -3.23. The molecule has 30 heavy (non-hydrogen) atoms. The lowest BCUT2D eigenvalue weighted by molar-refractivity contribution is -0.114. The largest absolute Gasteiger partial charge is 0.354 e. The third kappa shape index (κ3) is 5.43. The Morgan fingerprint density at radius 1 is 1.03 bits per heavy atom. The van der Waals surface area contributed by atoms with Crippen LogP contribution in [0.3, 0.4) is 0 Å². The number of amides is 1. The predicted molar refractivity (Wildman–Crippen MR) is 116 cm³/mol. The van der Waals surface area contributed by atoms with Gasteiger partial charge >= 0.3 is 0 Å². The fourth-order valence-electron chi connectivity index (χ4n) is 2.73. The van der Waals surface area contributed by atoms with Crippen molar-refractivity contribution in [2.45, 2.75) is 32.2 Å². The number of anilines is 1. The first kappa shape index (κ1) is 21.5. The summed E-state index contributed by atoms with van der Waals surface area (Å²) < 4.78 is 32.9. The molecule has 2 N–H and O–H groups in total. The van der Waals surface area contributed by atoms with Gasteiger partial charge in [0, 0.05) is 13.5 Å². The third-order valence-corrected chi connectivity index (χ3v) is 5.81. The SMILES string of the molecule is CC(=O)Nc1c(C)noc1C=Cc1ccc(S(=O)(=O)NCc2ccc(C)cc2)cc1. The molecule has 0 spiro atoms. The Morgan fingerprint density at radius 2 is 1.70 bits per heavy atom.